The van der Waals surface area contributed by atoms with E-state index in [2.05, 4.69) is 11.0 Å². The first-order valence-corrected chi connectivity index (χ1v) is 4.99. The molecule has 0 spiro atoms. The molecular formula is C10H18N2O. The summed E-state index contributed by atoms with van der Waals surface area (Å²) in [5, 5.41) is 17.4. The minimum absolute atomic E-state index is 0.132. The summed E-state index contributed by atoms with van der Waals surface area (Å²) < 4.78 is 0. The van der Waals surface area contributed by atoms with Crippen molar-refractivity contribution >= 4 is 0 Å². The lowest BCUT2D eigenvalue weighted by molar-refractivity contribution is 0.247. The first-order valence-electron chi connectivity index (χ1n) is 4.99. The number of aliphatic hydroxyl groups is 1. The van der Waals surface area contributed by atoms with Crippen LogP contribution in [0.4, 0.5) is 0 Å². The third kappa shape index (κ3) is 3.33. The van der Waals surface area contributed by atoms with Crippen LogP contribution in [0.3, 0.4) is 0 Å². The average Bonchev–Trinajstić information content (AvgIpc) is 2.53. The highest BCUT2D eigenvalue weighted by Crippen LogP contribution is 2.19. The van der Waals surface area contributed by atoms with Gasteiger partial charge in [0.2, 0.25) is 0 Å². The monoisotopic (exact) mass is 182 g/mol. The lowest BCUT2D eigenvalue weighted by atomic mass is 10.1. The normalized spacial score (nSPS) is 25.8. The topological polar surface area (TPSA) is 47.3 Å². The van der Waals surface area contributed by atoms with Gasteiger partial charge in [-0.2, -0.15) is 5.26 Å². The van der Waals surface area contributed by atoms with Gasteiger partial charge < -0.3 is 10.0 Å². The van der Waals surface area contributed by atoms with Gasteiger partial charge >= 0.3 is 0 Å². The molecule has 0 saturated carbocycles. The van der Waals surface area contributed by atoms with Crippen LogP contribution in [-0.4, -0.2) is 36.2 Å². The molecular weight excluding hydrogens is 164 g/mol. The molecule has 0 aliphatic carbocycles. The van der Waals surface area contributed by atoms with Gasteiger partial charge in [-0.05, 0) is 32.2 Å². The van der Waals surface area contributed by atoms with Crippen molar-refractivity contribution < 1.29 is 5.11 Å². The molecule has 1 aliphatic heterocycles. The molecule has 0 amide bonds. The summed E-state index contributed by atoms with van der Waals surface area (Å²) in [5.41, 5.74) is 0. The highest BCUT2D eigenvalue weighted by Gasteiger charge is 2.22. The van der Waals surface area contributed by atoms with Gasteiger partial charge in [-0.3, -0.25) is 0 Å². The van der Waals surface area contributed by atoms with Crippen LogP contribution in [0, 0.1) is 23.2 Å². The summed E-state index contributed by atoms with van der Waals surface area (Å²) in [4.78, 5) is 2.33. The Kier molecular flexibility index (Phi) is 4.20. The average molecular weight is 182 g/mol. The SMILES string of the molecule is CC(C#N)CN1CCC(CCO)C1. The van der Waals surface area contributed by atoms with Crippen LogP contribution in [0.5, 0.6) is 0 Å². The summed E-state index contributed by atoms with van der Waals surface area (Å²) in [5.74, 6) is 0.781. The fraction of sp³-hybridized carbons (Fsp3) is 0.900. The number of aliphatic hydroxyl groups excluding tert-OH is 1. The van der Waals surface area contributed by atoms with Crippen LogP contribution >= 0.6 is 0 Å². The van der Waals surface area contributed by atoms with Crippen molar-refractivity contribution in [3.8, 4) is 6.07 Å². The van der Waals surface area contributed by atoms with Crippen molar-refractivity contribution in [2.45, 2.75) is 19.8 Å². The zero-order chi connectivity index (χ0) is 9.68. The molecule has 1 heterocycles. The molecule has 1 N–H and O–H groups in total. The molecule has 0 bridgehead atoms. The zero-order valence-electron chi connectivity index (χ0n) is 8.24. The molecule has 1 aliphatic rings. The van der Waals surface area contributed by atoms with Crippen molar-refractivity contribution in [2.24, 2.45) is 11.8 Å². The number of hydrogen-bond acceptors (Lipinski definition) is 3. The molecule has 0 aromatic carbocycles. The number of hydrogen-bond donors (Lipinski definition) is 1. The zero-order valence-corrected chi connectivity index (χ0v) is 8.24. The Labute approximate surface area is 80.0 Å². The molecule has 0 aromatic rings. The molecule has 13 heavy (non-hydrogen) atoms. The summed E-state index contributed by atoms with van der Waals surface area (Å²) in [6.07, 6.45) is 2.09. The van der Waals surface area contributed by atoms with Crippen LogP contribution in [0.25, 0.3) is 0 Å². The Hall–Kier alpha value is -0.590. The van der Waals surface area contributed by atoms with Crippen LogP contribution in [0.2, 0.25) is 0 Å². The Morgan fingerprint density at radius 3 is 3.08 bits per heavy atom. The molecule has 1 saturated heterocycles. The van der Waals surface area contributed by atoms with Crippen LogP contribution < -0.4 is 0 Å². The molecule has 3 heteroatoms. The quantitative estimate of drug-likeness (QED) is 0.701. The molecule has 0 radical (unpaired) electrons. The first-order chi connectivity index (χ1) is 6.26. The van der Waals surface area contributed by atoms with Gasteiger partial charge in [0.25, 0.3) is 0 Å². The Morgan fingerprint density at radius 1 is 1.69 bits per heavy atom. The van der Waals surface area contributed by atoms with Crippen LogP contribution in [0.1, 0.15) is 19.8 Å². The minimum Gasteiger partial charge on any atom is -0.396 e. The third-order valence-electron chi connectivity index (χ3n) is 2.66. The molecule has 0 aromatic heterocycles. The summed E-state index contributed by atoms with van der Waals surface area (Å²) in [6, 6.07) is 2.25. The van der Waals surface area contributed by atoms with Crippen molar-refractivity contribution in [1.82, 2.24) is 4.90 Å². The summed E-state index contributed by atoms with van der Waals surface area (Å²) >= 11 is 0. The van der Waals surface area contributed by atoms with Crippen molar-refractivity contribution in [1.29, 1.82) is 5.26 Å². The molecule has 2 atom stereocenters. The van der Waals surface area contributed by atoms with Crippen LogP contribution in [0.15, 0.2) is 0 Å². The standard InChI is InChI=1S/C10H18N2O/c1-9(6-11)7-12-4-2-10(8-12)3-5-13/h9-10,13H,2-5,7-8H2,1H3. The molecule has 1 fully saturated rings. The fourth-order valence-corrected chi connectivity index (χ4v) is 1.93. The van der Waals surface area contributed by atoms with E-state index in [1.807, 2.05) is 6.92 Å². The minimum atomic E-state index is 0.132. The summed E-state index contributed by atoms with van der Waals surface area (Å²) in [6.45, 7) is 5.30. The second-order valence-corrected chi connectivity index (χ2v) is 3.96. The van der Waals surface area contributed by atoms with E-state index >= 15 is 0 Å². The van der Waals surface area contributed by atoms with E-state index in [0.29, 0.717) is 12.5 Å². The predicted molar refractivity (Wildman–Crippen MR) is 51.0 cm³/mol. The number of likely N-dealkylation sites (tertiary alicyclic amines) is 1. The van der Waals surface area contributed by atoms with E-state index in [4.69, 9.17) is 10.4 Å². The van der Waals surface area contributed by atoms with E-state index < -0.39 is 0 Å². The first kappa shape index (κ1) is 10.5. The maximum atomic E-state index is 8.77. The number of rotatable bonds is 4. The highest BCUT2D eigenvalue weighted by atomic mass is 16.3. The molecule has 74 valence electrons. The van der Waals surface area contributed by atoms with E-state index in [9.17, 15) is 0 Å². The second-order valence-electron chi connectivity index (χ2n) is 3.96. The smallest absolute Gasteiger partial charge is 0.0666 e. The third-order valence-corrected chi connectivity index (χ3v) is 2.66. The van der Waals surface area contributed by atoms with Gasteiger partial charge in [-0.1, -0.05) is 0 Å². The van der Waals surface area contributed by atoms with E-state index in [1.165, 1.54) is 6.42 Å². The second kappa shape index (κ2) is 5.21. The van der Waals surface area contributed by atoms with Gasteiger partial charge in [0.15, 0.2) is 0 Å². The largest absolute Gasteiger partial charge is 0.396 e. The Morgan fingerprint density at radius 2 is 2.46 bits per heavy atom. The lowest BCUT2D eigenvalue weighted by Crippen LogP contribution is -2.25. The Bertz CT molecular complexity index is 188. The Balaban J connectivity index is 2.21. The van der Waals surface area contributed by atoms with Gasteiger partial charge in [0.1, 0.15) is 0 Å². The fourth-order valence-electron chi connectivity index (χ4n) is 1.93. The van der Waals surface area contributed by atoms with Gasteiger partial charge in [-0.25, -0.2) is 0 Å². The highest BCUT2D eigenvalue weighted by molar-refractivity contribution is 4.84. The maximum Gasteiger partial charge on any atom is 0.0666 e. The molecule has 3 nitrogen and oxygen atoms in total. The van der Waals surface area contributed by atoms with E-state index in [-0.39, 0.29) is 5.92 Å². The van der Waals surface area contributed by atoms with E-state index in [0.717, 1.165) is 26.1 Å². The van der Waals surface area contributed by atoms with Crippen molar-refractivity contribution in [3.05, 3.63) is 0 Å². The molecule has 1 rings (SSSR count). The van der Waals surface area contributed by atoms with Gasteiger partial charge in [0, 0.05) is 19.7 Å². The predicted octanol–water partition coefficient (Wildman–Crippen LogP) is 0.850. The molecule has 2 unspecified atom stereocenters. The lowest BCUT2D eigenvalue weighted by Gasteiger charge is -2.16. The van der Waals surface area contributed by atoms with Crippen LogP contribution in [-0.2, 0) is 0 Å². The van der Waals surface area contributed by atoms with Crippen molar-refractivity contribution in [3.63, 3.8) is 0 Å². The van der Waals surface area contributed by atoms with E-state index in [1.54, 1.807) is 0 Å². The summed E-state index contributed by atoms with van der Waals surface area (Å²) in [7, 11) is 0. The maximum absolute atomic E-state index is 8.77. The number of nitrogens with zero attached hydrogens (tertiary/aromatic N) is 2. The van der Waals surface area contributed by atoms with Crippen molar-refractivity contribution in [2.75, 3.05) is 26.2 Å². The van der Waals surface area contributed by atoms with Gasteiger partial charge in [0.05, 0.1) is 12.0 Å². The number of nitriles is 1. The van der Waals surface area contributed by atoms with Gasteiger partial charge in [-0.15, -0.1) is 0 Å².